The average Bonchev–Trinajstić information content (AvgIpc) is 2.76. The van der Waals surface area contributed by atoms with Crippen LogP contribution in [0.15, 0.2) is 36.4 Å². The summed E-state index contributed by atoms with van der Waals surface area (Å²) in [4.78, 5) is 12.2. The number of carbonyl (C=O) groups excluding carboxylic acids is 1. The minimum Gasteiger partial charge on any atom is -0.324 e. The Bertz CT molecular complexity index is 419. The molecule has 17 heavy (non-hydrogen) atoms. The molecule has 0 spiro atoms. The van der Waals surface area contributed by atoms with Gasteiger partial charge >= 0.3 is 0 Å². The van der Waals surface area contributed by atoms with E-state index in [1.54, 1.807) is 0 Å². The second-order valence-corrected chi connectivity index (χ2v) is 4.70. The number of Topliss-reactive ketones (excluding diaryl/α,β-unsaturated/α-hetero) is 1. The first kappa shape index (κ1) is 12.1. The fourth-order valence-electron chi connectivity index (χ4n) is 2.26. The molecule has 1 aliphatic carbocycles. The van der Waals surface area contributed by atoms with Crippen LogP contribution in [0, 0.1) is 5.92 Å². The molecule has 2 rings (SSSR count). The lowest BCUT2D eigenvalue weighted by Gasteiger charge is -2.08. The molecular formula is C15H19NO. The fourth-order valence-corrected chi connectivity index (χ4v) is 2.26. The molecule has 0 aliphatic heterocycles. The number of carbonyl (C=O) groups is 1. The van der Waals surface area contributed by atoms with Crippen molar-refractivity contribution in [3.8, 4) is 0 Å². The molecule has 2 atom stereocenters. The van der Waals surface area contributed by atoms with E-state index < -0.39 is 0 Å². The molecule has 0 fully saturated rings. The van der Waals surface area contributed by atoms with Crippen molar-refractivity contribution in [2.24, 2.45) is 11.7 Å². The van der Waals surface area contributed by atoms with E-state index in [0.29, 0.717) is 0 Å². The summed E-state index contributed by atoms with van der Waals surface area (Å²) in [5, 5.41) is 0. The lowest BCUT2D eigenvalue weighted by atomic mass is 9.95. The van der Waals surface area contributed by atoms with Gasteiger partial charge in [-0.3, -0.25) is 4.79 Å². The first-order chi connectivity index (χ1) is 8.20. The van der Waals surface area contributed by atoms with Gasteiger partial charge in [0, 0.05) is 17.5 Å². The molecule has 0 saturated heterocycles. The highest BCUT2D eigenvalue weighted by Crippen LogP contribution is 2.21. The van der Waals surface area contributed by atoms with Crippen molar-refractivity contribution in [2.45, 2.75) is 32.2 Å². The average molecular weight is 229 g/mol. The summed E-state index contributed by atoms with van der Waals surface area (Å²) in [7, 11) is 0. The van der Waals surface area contributed by atoms with Crippen LogP contribution in [0.1, 0.15) is 35.7 Å². The maximum Gasteiger partial charge on any atom is 0.169 e. The van der Waals surface area contributed by atoms with Gasteiger partial charge in [0.25, 0.3) is 0 Å². The van der Waals surface area contributed by atoms with Crippen molar-refractivity contribution in [3.63, 3.8) is 0 Å². The van der Waals surface area contributed by atoms with Crippen LogP contribution in [0.3, 0.4) is 0 Å². The zero-order valence-electron chi connectivity index (χ0n) is 10.2. The topological polar surface area (TPSA) is 43.1 Å². The standard InChI is InChI=1S/C15H19NO/c1-2-3-11-4-6-12(7-5-11)15(17)13-8-9-14(16)10-13/h4-9,13-14H,2-3,10,16H2,1H3. The maximum atomic E-state index is 12.2. The van der Waals surface area contributed by atoms with Gasteiger partial charge in [-0.2, -0.15) is 0 Å². The lowest BCUT2D eigenvalue weighted by molar-refractivity contribution is 0.0943. The number of hydrogen-bond acceptors (Lipinski definition) is 2. The molecule has 0 bridgehead atoms. The SMILES string of the molecule is CCCc1ccc(C(=O)C2C=CC(N)C2)cc1. The monoisotopic (exact) mass is 229 g/mol. The van der Waals surface area contributed by atoms with Gasteiger partial charge in [-0.15, -0.1) is 0 Å². The molecule has 2 heteroatoms. The van der Waals surface area contributed by atoms with Crippen molar-refractivity contribution in [1.29, 1.82) is 0 Å². The van der Waals surface area contributed by atoms with Gasteiger partial charge < -0.3 is 5.73 Å². The van der Waals surface area contributed by atoms with Gasteiger partial charge in [-0.1, -0.05) is 49.8 Å². The van der Waals surface area contributed by atoms with Crippen LogP contribution in [0.4, 0.5) is 0 Å². The van der Waals surface area contributed by atoms with Crippen LogP contribution in [0.2, 0.25) is 0 Å². The predicted octanol–water partition coefficient (Wildman–Crippen LogP) is 2.73. The summed E-state index contributed by atoms with van der Waals surface area (Å²) >= 11 is 0. The molecule has 1 aromatic rings. The fraction of sp³-hybridized carbons (Fsp3) is 0.400. The quantitative estimate of drug-likeness (QED) is 0.637. The summed E-state index contributed by atoms with van der Waals surface area (Å²) in [6, 6.07) is 8.02. The van der Waals surface area contributed by atoms with Crippen molar-refractivity contribution in [2.75, 3.05) is 0 Å². The molecule has 90 valence electrons. The first-order valence-electron chi connectivity index (χ1n) is 6.27. The molecule has 0 radical (unpaired) electrons. The molecule has 1 aliphatic rings. The third kappa shape index (κ3) is 2.83. The van der Waals surface area contributed by atoms with Gasteiger partial charge in [0.05, 0.1) is 0 Å². The van der Waals surface area contributed by atoms with E-state index in [4.69, 9.17) is 5.73 Å². The highest BCUT2D eigenvalue weighted by atomic mass is 16.1. The normalized spacial score (nSPS) is 22.9. The van der Waals surface area contributed by atoms with Crippen molar-refractivity contribution >= 4 is 5.78 Å². The maximum absolute atomic E-state index is 12.2. The Morgan fingerprint density at radius 3 is 2.53 bits per heavy atom. The molecule has 1 aromatic carbocycles. The van der Waals surface area contributed by atoms with Crippen molar-refractivity contribution < 1.29 is 4.79 Å². The Kier molecular flexibility index (Phi) is 3.75. The Hall–Kier alpha value is -1.41. The second-order valence-electron chi connectivity index (χ2n) is 4.70. The molecule has 0 amide bonds. The minimum absolute atomic E-state index is 0.0259. The van der Waals surface area contributed by atoms with E-state index in [1.807, 2.05) is 24.3 Å². The Morgan fingerprint density at radius 1 is 1.29 bits per heavy atom. The van der Waals surface area contributed by atoms with E-state index >= 15 is 0 Å². The predicted molar refractivity (Wildman–Crippen MR) is 70.0 cm³/mol. The number of rotatable bonds is 4. The summed E-state index contributed by atoms with van der Waals surface area (Å²) in [5.74, 6) is 0.166. The molecule has 0 saturated carbocycles. The smallest absolute Gasteiger partial charge is 0.169 e. The molecule has 2 nitrogen and oxygen atoms in total. The lowest BCUT2D eigenvalue weighted by Crippen LogP contribution is -2.19. The van der Waals surface area contributed by atoms with Gasteiger partial charge in [0.1, 0.15) is 0 Å². The van der Waals surface area contributed by atoms with Gasteiger partial charge in [0.15, 0.2) is 5.78 Å². The zero-order valence-corrected chi connectivity index (χ0v) is 10.2. The molecule has 0 aromatic heterocycles. The number of benzene rings is 1. The third-order valence-electron chi connectivity index (χ3n) is 3.23. The molecule has 0 heterocycles. The van der Waals surface area contributed by atoms with E-state index in [9.17, 15) is 4.79 Å². The van der Waals surface area contributed by atoms with E-state index in [1.165, 1.54) is 5.56 Å². The van der Waals surface area contributed by atoms with Gasteiger partial charge in [0.2, 0.25) is 0 Å². The van der Waals surface area contributed by atoms with Crippen molar-refractivity contribution in [1.82, 2.24) is 0 Å². The van der Waals surface area contributed by atoms with Crippen LogP contribution in [0.25, 0.3) is 0 Å². The van der Waals surface area contributed by atoms with Crippen LogP contribution < -0.4 is 5.73 Å². The number of nitrogens with two attached hydrogens (primary N) is 1. The highest BCUT2D eigenvalue weighted by molar-refractivity contribution is 5.99. The summed E-state index contributed by atoms with van der Waals surface area (Å²) in [6.45, 7) is 2.16. The van der Waals surface area contributed by atoms with Crippen LogP contribution >= 0.6 is 0 Å². The van der Waals surface area contributed by atoms with E-state index in [2.05, 4.69) is 19.1 Å². The Morgan fingerprint density at radius 2 is 2.00 bits per heavy atom. The first-order valence-corrected chi connectivity index (χ1v) is 6.27. The summed E-state index contributed by atoms with van der Waals surface area (Å²) < 4.78 is 0. The van der Waals surface area contributed by atoms with E-state index in [-0.39, 0.29) is 17.7 Å². The molecular weight excluding hydrogens is 210 g/mol. The molecule has 2 unspecified atom stereocenters. The number of aryl methyl sites for hydroxylation is 1. The van der Waals surface area contributed by atoms with E-state index in [0.717, 1.165) is 24.8 Å². The van der Waals surface area contributed by atoms with Crippen LogP contribution in [0.5, 0.6) is 0 Å². The minimum atomic E-state index is -0.0259. The van der Waals surface area contributed by atoms with Crippen LogP contribution in [-0.4, -0.2) is 11.8 Å². The Labute approximate surface area is 103 Å². The highest BCUT2D eigenvalue weighted by Gasteiger charge is 2.23. The summed E-state index contributed by atoms with van der Waals surface area (Å²) in [5.41, 5.74) is 7.86. The largest absolute Gasteiger partial charge is 0.324 e. The number of hydrogen-bond donors (Lipinski definition) is 1. The van der Waals surface area contributed by atoms with Crippen molar-refractivity contribution in [3.05, 3.63) is 47.5 Å². The second kappa shape index (κ2) is 5.28. The molecule has 2 N–H and O–H groups in total. The zero-order chi connectivity index (χ0) is 12.3. The Balaban J connectivity index is 2.07. The number of ketones is 1. The third-order valence-corrected chi connectivity index (χ3v) is 3.23. The summed E-state index contributed by atoms with van der Waals surface area (Å²) in [6.07, 6.45) is 6.81. The van der Waals surface area contributed by atoms with Crippen LogP contribution in [-0.2, 0) is 6.42 Å². The van der Waals surface area contributed by atoms with Gasteiger partial charge in [-0.05, 0) is 18.4 Å². The van der Waals surface area contributed by atoms with Gasteiger partial charge in [-0.25, -0.2) is 0 Å². The number of allylic oxidation sites excluding steroid dienone is 1.